The molecule has 2 aliphatic rings. The van der Waals surface area contributed by atoms with Crippen LogP contribution in [0.3, 0.4) is 0 Å². The lowest BCUT2D eigenvalue weighted by molar-refractivity contribution is -0.215. The molecule has 1 amide bonds. The quantitative estimate of drug-likeness (QED) is 0.739. The maximum absolute atomic E-state index is 12.6. The van der Waals surface area contributed by atoms with Gasteiger partial charge >= 0.3 is 18.4 Å². The van der Waals surface area contributed by atoms with Crippen LogP contribution in [0.1, 0.15) is 42.9 Å². The zero-order chi connectivity index (χ0) is 21.4. The molecule has 1 N–H and O–H groups in total. The molecule has 2 heterocycles. The predicted molar refractivity (Wildman–Crippen MR) is 87.9 cm³/mol. The summed E-state index contributed by atoms with van der Waals surface area (Å²) in [6.45, 7) is -0.890. The first kappa shape index (κ1) is 21.7. The lowest BCUT2D eigenvalue weighted by Crippen LogP contribution is -2.50. The van der Waals surface area contributed by atoms with Crippen LogP contribution >= 0.6 is 0 Å². The van der Waals surface area contributed by atoms with Crippen molar-refractivity contribution in [2.24, 2.45) is 5.41 Å². The van der Waals surface area contributed by atoms with Crippen LogP contribution in [-0.2, 0) is 10.9 Å². The molecule has 11 heteroatoms. The number of piperidine rings is 1. The van der Waals surface area contributed by atoms with Crippen molar-refractivity contribution < 1.29 is 41.0 Å². The summed E-state index contributed by atoms with van der Waals surface area (Å²) < 4.78 is 80.0. The Labute approximate surface area is 162 Å². The van der Waals surface area contributed by atoms with Crippen LogP contribution < -0.4 is 0 Å². The highest BCUT2D eigenvalue weighted by Crippen LogP contribution is 2.56. The van der Waals surface area contributed by atoms with E-state index in [0.29, 0.717) is 31.4 Å². The van der Waals surface area contributed by atoms with Crippen molar-refractivity contribution in [2.75, 3.05) is 19.7 Å². The number of aliphatic hydroxyl groups is 1. The number of hydrogen-bond acceptors (Lipinski definition) is 4. The van der Waals surface area contributed by atoms with Gasteiger partial charge in [-0.15, -0.1) is 0 Å². The minimum Gasteiger partial charge on any atom is -0.434 e. The van der Waals surface area contributed by atoms with E-state index in [4.69, 9.17) is 5.11 Å². The molecule has 0 aromatic carbocycles. The van der Waals surface area contributed by atoms with E-state index in [1.165, 1.54) is 11.0 Å². The second kappa shape index (κ2) is 7.66. The Kier molecular flexibility index (Phi) is 5.72. The molecule has 1 aliphatic heterocycles. The SMILES string of the molecule is O=C(O[C@H](CO)C(F)(F)F)N1CCC2(CC1)CC(c1ccc(C(F)(F)F)cn1)C2. The number of halogens is 6. The van der Waals surface area contributed by atoms with Crippen molar-refractivity contribution >= 4 is 6.09 Å². The Bertz CT molecular complexity index is 719. The molecular formula is C18H20F6N2O3. The fraction of sp³-hybridized carbons (Fsp3) is 0.667. The molecule has 1 saturated carbocycles. The van der Waals surface area contributed by atoms with E-state index >= 15 is 0 Å². The minimum absolute atomic E-state index is 0.0276. The number of amides is 1. The van der Waals surface area contributed by atoms with E-state index in [1.807, 2.05) is 0 Å². The molecule has 1 aromatic rings. The number of nitrogens with zero attached hydrogens (tertiary/aromatic N) is 2. The first-order valence-electron chi connectivity index (χ1n) is 9.10. The van der Waals surface area contributed by atoms with Gasteiger partial charge in [0, 0.05) is 30.9 Å². The molecule has 0 bridgehead atoms. The third kappa shape index (κ3) is 4.76. The van der Waals surface area contributed by atoms with E-state index in [1.54, 1.807) is 0 Å². The summed E-state index contributed by atoms with van der Waals surface area (Å²) >= 11 is 0. The van der Waals surface area contributed by atoms with Crippen molar-refractivity contribution in [3.05, 3.63) is 29.6 Å². The van der Waals surface area contributed by atoms with E-state index in [2.05, 4.69) is 9.72 Å². The summed E-state index contributed by atoms with van der Waals surface area (Å²) in [7, 11) is 0. The molecule has 0 unspecified atom stereocenters. The molecule has 1 atom stereocenters. The van der Waals surface area contributed by atoms with Crippen LogP contribution in [0.15, 0.2) is 18.3 Å². The van der Waals surface area contributed by atoms with Gasteiger partial charge in [-0.3, -0.25) is 4.98 Å². The number of carbonyl (C=O) groups excluding carboxylic acids is 1. The van der Waals surface area contributed by atoms with Gasteiger partial charge in [0.05, 0.1) is 12.2 Å². The maximum atomic E-state index is 12.6. The monoisotopic (exact) mass is 426 g/mol. The number of likely N-dealkylation sites (tertiary alicyclic amines) is 1. The molecule has 162 valence electrons. The second-order valence-corrected chi connectivity index (χ2v) is 7.66. The van der Waals surface area contributed by atoms with Crippen LogP contribution in [-0.4, -0.2) is 53.1 Å². The summed E-state index contributed by atoms with van der Waals surface area (Å²) in [6.07, 6.45) is -9.58. The van der Waals surface area contributed by atoms with Crippen LogP contribution in [0.4, 0.5) is 31.1 Å². The Morgan fingerprint density at radius 1 is 1.21 bits per heavy atom. The van der Waals surface area contributed by atoms with Crippen molar-refractivity contribution in [2.45, 2.75) is 50.1 Å². The van der Waals surface area contributed by atoms with Gasteiger partial charge in [-0.05, 0) is 43.2 Å². The van der Waals surface area contributed by atoms with Gasteiger partial charge in [-0.25, -0.2) is 4.79 Å². The fourth-order valence-corrected chi connectivity index (χ4v) is 3.98. The average molecular weight is 426 g/mol. The standard InChI is InChI=1S/C18H20F6N2O3/c19-17(20,21)12-1-2-13(25-9-12)11-7-16(8-11)3-5-26(6-4-16)15(28)29-14(10-27)18(22,23)24/h1-2,9,11,14,27H,3-8,10H2/t14-/m1/s1. The first-order chi connectivity index (χ1) is 13.4. The maximum Gasteiger partial charge on any atom is 0.427 e. The fourth-order valence-electron chi connectivity index (χ4n) is 3.98. The number of rotatable bonds is 3. The van der Waals surface area contributed by atoms with E-state index in [9.17, 15) is 31.1 Å². The second-order valence-electron chi connectivity index (χ2n) is 7.66. The van der Waals surface area contributed by atoms with E-state index < -0.39 is 36.7 Å². The molecule has 1 spiro atoms. The van der Waals surface area contributed by atoms with Gasteiger partial charge < -0.3 is 14.7 Å². The van der Waals surface area contributed by atoms with Crippen LogP contribution in [0, 0.1) is 5.41 Å². The lowest BCUT2D eigenvalue weighted by Gasteiger charge is -2.52. The van der Waals surface area contributed by atoms with Gasteiger partial charge in [0.2, 0.25) is 6.10 Å². The van der Waals surface area contributed by atoms with Gasteiger partial charge in [-0.1, -0.05) is 0 Å². The Hall–Kier alpha value is -2.04. The normalized spacial score (nSPS) is 21.0. The smallest absolute Gasteiger partial charge is 0.427 e. The van der Waals surface area contributed by atoms with Crippen molar-refractivity contribution in [3.8, 4) is 0 Å². The largest absolute Gasteiger partial charge is 0.434 e. The Balaban J connectivity index is 1.50. The predicted octanol–water partition coefficient (Wildman–Crippen LogP) is 4.12. The number of aliphatic hydroxyl groups excluding tert-OH is 1. The number of ether oxygens (including phenoxy) is 1. The summed E-state index contributed by atoms with van der Waals surface area (Å²) in [5, 5.41) is 8.75. The van der Waals surface area contributed by atoms with Gasteiger partial charge in [0.15, 0.2) is 0 Å². The lowest BCUT2D eigenvalue weighted by atomic mass is 9.57. The summed E-state index contributed by atoms with van der Waals surface area (Å²) in [5.74, 6) is 0.0276. The first-order valence-corrected chi connectivity index (χ1v) is 9.10. The molecule has 2 fully saturated rings. The average Bonchev–Trinajstić information content (AvgIpc) is 2.62. The van der Waals surface area contributed by atoms with Gasteiger partial charge in [0.25, 0.3) is 0 Å². The summed E-state index contributed by atoms with van der Waals surface area (Å²) in [6, 6.07) is 2.38. The van der Waals surface area contributed by atoms with E-state index in [0.717, 1.165) is 12.3 Å². The third-order valence-corrected chi connectivity index (χ3v) is 5.75. The van der Waals surface area contributed by atoms with Crippen LogP contribution in [0.5, 0.6) is 0 Å². The number of pyridine rings is 1. The topological polar surface area (TPSA) is 62.7 Å². The van der Waals surface area contributed by atoms with Gasteiger partial charge in [-0.2, -0.15) is 26.3 Å². The molecule has 1 saturated heterocycles. The molecule has 0 radical (unpaired) electrons. The third-order valence-electron chi connectivity index (χ3n) is 5.75. The number of hydrogen-bond donors (Lipinski definition) is 1. The van der Waals surface area contributed by atoms with Crippen LogP contribution in [0.2, 0.25) is 0 Å². The highest BCUT2D eigenvalue weighted by atomic mass is 19.4. The summed E-state index contributed by atoms with van der Waals surface area (Å²) in [4.78, 5) is 17.0. The number of alkyl halides is 6. The molecule has 3 rings (SSSR count). The highest BCUT2D eigenvalue weighted by molar-refractivity contribution is 5.68. The molecule has 29 heavy (non-hydrogen) atoms. The number of aromatic nitrogens is 1. The summed E-state index contributed by atoms with van der Waals surface area (Å²) in [5.41, 5.74) is -0.310. The molecule has 1 aliphatic carbocycles. The zero-order valence-electron chi connectivity index (χ0n) is 15.3. The van der Waals surface area contributed by atoms with Crippen LogP contribution in [0.25, 0.3) is 0 Å². The van der Waals surface area contributed by atoms with Crippen molar-refractivity contribution in [1.82, 2.24) is 9.88 Å². The zero-order valence-corrected chi connectivity index (χ0v) is 15.3. The van der Waals surface area contributed by atoms with Gasteiger partial charge in [0.1, 0.15) is 0 Å². The Morgan fingerprint density at radius 3 is 2.28 bits per heavy atom. The Morgan fingerprint density at radius 2 is 1.83 bits per heavy atom. The van der Waals surface area contributed by atoms with Crippen molar-refractivity contribution in [1.29, 1.82) is 0 Å². The number of carbonyl (C=O) groups is 1. The molecule has 1 aromatic heterocycles. The highest BCUT2D eigenvalue weighted by Gasteiger charge is 2.48. The molecular weight excluding hydrogens is 406 g/mol. The van der Waals surface area contributed by atoms with Crippen molar-refractivity contribution in [3.63, 3.8) is 0 Å². The minimum atomic E-state index is -4.84. The van der Waals surface area contributed by atoms with E-state index in [-0.39, 0.29) is 24.4 Å². The molecule has 5 nitrogen and oxygen atoms in total.